The number of anilines is 1. The van der Waals surface area contributed by atoms with E-state index in [4.69, 9.17) is 0 Å². The highest BCUT2D eigenvalue weighted by molar-refractivity contribution is 5.51. The molecule has 1 aromatic rings. The molecule has 1 atom stereocenters. The normalized spacial score (nSPS) is 21.4. The lowest BCUT2D eigenvalue weighted by molar-refractivity contribution is 0.560. The first-order valence-corrected chi connectivity index (χ1v) is 6.02. The maximum atomic E-state index is 14.0. The van der Waals surface area contributed by atoms with Crippen molar-refractivity contribution in [3.8, 4) is 0 Å². The molecule has 1 N–H and O–H groups in total. The van der Waals surface area contributed by atoms with Crippen molar-refractivity contribution in [1.82, 2.24) is 5.32 Å². The van der Waals surface area contributed by atoms with E-state index >= 15 is 0 Å². The van der Waals surface area contributed by atoms with Gasteiger partial charge in [-0.3, -0.25) is 0 Å². The monoisotopic (exact) mass is 240 g/mol. The Labute approximate surface area is 101 Å². The summed E-state index contributed by atoms with van der Waals surface area (Å²) >= 11 is 0. The third-order valence-electron chi connectivity index (χ3n) is 3.28. The van der Waals surface area contributed by atoms with Gasteiger partial charge >= 0.3 is 0 Å². The first-order chi connectivity index (χ1) is 8.09. The van der Waals surface area contributed by atoms with Gasteiger partial charge in [-0.1, -0.05) is 6.07 Å². The molecule has 1 fully saturated rings. The van der Waals surface area contributed by atoms with E-state index in [1.54, 1.807) is 11.8 Å². The zero-order valence-corrected chi connectivity index (χ0v) is 10.3. The molecule has 1 saturated heterocycles. The smallest absolute Gasteiger partial charge is 0.152 e. The lowest BCUT2D eigenvalue weighted by Crippen LogP contribution is -2.30. The Morgan fingerprint density at radius 3 is 2.82 bits per heavy atom. The molecule has 1 aliphatic rings. The van der Waals surface area contributed by atoms with Gasteiger partial charge in [-0.15, -0.1) is 0 Å². The molecule has 17 heavy (non-hydrogen) atoms. The molecule has 1 unspecified atom stereocenters. The molecule has 0 saturated carbocycles. The molecule has 1 heterocycles. The fourth-order valence-electron chi connectivity index (χ4n) is 2.16. The minimum Gasteiger partial charge on any atom is -0.365 e. The molecule has 0 spiro atoms. The molecule has 2 rings (SSSR count). The van der Waals surface area contributed by atoms with E-state index in [0.29, 0.717) is 24.7 Å². The summed E-state index contributed by atoms with van der Waals surface area (Å²) in [5.74, 6) is -0.901. The molecule has 0 amide bonds. The second-order valence-corrected chi connectivity index (χ2v) is 4.66. The lowest BCUT2D eigenvalue weighted by Gasteiger charge is -2.24. The van der Waals surface area contributed by atoms with Crippen molar-refractivity contribution in [2.45, 2.75) is 26.3 Å². The topological polar surface area (TPSA) is 15.3 Å². The van der Waals surface area contributed by atoms with Crippen molar-refractivity contribution < 1.29 is 8.78 Å². The van der Waals surface area contributed by atoms with E-state index in [-0.39, 0.29) is 5.69 Å². The number of nitrogens with zero attached hydrogens (tertiary/aromatic N) is 1. The Morgan fingerprint density at radius 2 is 2.06 bits per heavy atom. The second-order valence-electron chi connectivity index (χ2n) is 4.66. The molecular formula is C13H18F2N2. The highest BCUT2D eigenvalue weighted by atomic mass is 19.1. The molecule has 94 valence electrons. The van der Waals surface area contributed by atoms with Crippen LogP contribution in [0.15, 0.2) is 12.1 Å². The molecule has 4 heteroatoms. The van der Waals surface area contributed by atoms with Gasteiger partial charge in [0.15, 0.2) is 5.82 Å². The average molecular weight is 240 g/mol. The van der Waals surface area contributed by atoms with Crippen molar-refractivity contribution in [1.29, 1.82) is 0 Å². The maximum Gasteiger partial charge on any atom is 0.152 e. The van der Waals surface area contributed by atoms with Crippen LogP contribution in [-0.4, -0.2) is 25.7 Å². The van der Waals surface area contributed by atoms with Crippen LogP contribution < -0.4 is 10.2 Å². The number of aryl methyl sites for hydroxylation is 1. The van der Waals surface area contributed by atoms with Gasteiger partial charge in [-0.25, -0.2) is 8.78 Å². The Balaban J connectivity index is 2.30. The number of rotatable bonds is 1. The van der Waals surface area contributed by atoms with E-state index < -0.39 is 11.6 Å². The van der Waals surface area contributed by atoms with Gasteiger partial charge < -0.3 is 10.2 Å². The van der Waals surface area contributed by atoms with Gasteiger partial charge in [0.05, 0.1) is 0 Å². The summed E-state index contributed by atoms with van der Waals surface area (Å²) < 4.78 is 27.7. The van der Waals surface area contributed by atoms with Gasteiger partial charge in [0.2, 0.25) is 0 Å². The fourth-order valence-corrected chi connectivity index (χ4v) is 2.16. The molecule has 1 aromatic carbocycles. The SMILES string of the molecule is Cc1ccc(F)c(N2CCNC(C)CC2)c1F. The van der Waals surface area contributed by atoms with Crippen LogP contribution >= 0.6 is 0 Å². The standard InChI is InChI=1S/C13H18F2N2/c1-9-3-4-11(14)13(12(9)15)17-7-5-10(2)16-6-8-17/h3-4,10,16H,5-8H2,1-2H3. The third-order valence-corrected chi connectivity index (χ3v) is 3.28. The fraction of sp³-hybridized carbons (Fsp3) is 0.538. The van der Waals surface area contributed by atoms with E-state index in [0.717, 1.165) is 13.0 Å². The number of halogens is 2. The van der Waals surface area contributed by atoms with E-state index in [1.165, 1.54) is 12.1 Å². The Morgan fingerprint density at radius 1 is 1.29 bits per heavy atom. The van der Waals surface area contributed by atoms with Crippen molar-refractivity contribution in [2.24, 2.45) is 0 Å². The minimum absolute atomic E-state index is 0.126. The van der Waals surface area contributed by atoms with E-state index in [9.17, 15) is 8.78 Å². The predicted octanol–water partition coefficient (Wildman–Crippen LogP) is 2.46. The number of hydrogen-bond donors (Lipinski definition) is 1. The zero-order valence-electron chi connectivity index (χ0n) is 10.3. The lowest BCUT2D eigenvalue weighted by atomic mass is 10.1. The molecular weight excluding hydrogens is 222 g/mol. The van der Waals surface area contributed by atoms with Crippen LogP contribution in [0.2, 0.25) is 0 Å². The van der Waals surface area contributed by atoms with Crippen LogP contribution in [0.5, 0.6) is 0 Å². The van der Waals surface area contributed by atoms with E-state index in [1.807, 2.05) is 0 Å². The van der Waals surface area contributed by atoms with Crippen LogP contribution in [0.4, 0.5) is 14.5 Å². The van der Waals surface area contributed by atoms with Crippen molar-refractivity contribution in [2.75, 3.05) is 24.5 Å². The van der Waals surface area contributed by atoms with Gasteiger partial charge in [-0.05, 0) is 31.9 Å². The Kier molecular flexibility index (Phi) is 3.62. The summed E-state index contributed by atoms with van der Waals surface area (Å²) in [6, 6.07) is 3.22. The quantitative estimate of drug-likeness (QED) is 0.811. The second kappa shape index (κ2) is 5.00. The van der Waals surface area contributed by atoms with Crippen molar-refractivity contribution in [3.63, 3.8) is 0 Å². The molecule has 2 nitrogen and oxygen atoms in total. The van der Waals surface area contributed by atoms with Crippen LogP contribution in [0.1, 0.15) is 18.9 Å². The molecule has 1 aliphatic heterocycles. The Bertz CT molecular complexity index is 407. The Hall–Kier alpha value is -1.16. The van der Waals surface area contributed by atoms with Crippen LogP contribution in [0.25, 0.3) is 0 Å². The summed E-state index contributed by atoms with van der Waals surface area (Å²) in [5, 5.41) is 3.31. The predicted molar refractivity (Wildman–Crippen MR) is 65.4 cm³/mol. The van der Waals surface area contributed by atoms with Crippen LogP contribution in [0.3, 0.4) is 0 Å². The summed E-state index contributed by atoms with van der Waals surface area (Å²) in [5.41, 5.74) is 0.618. The highest BCUT2D eigenvalue weighted by Crippen LogP contribution is 2.26. The first kappa shape index (κ1) is 12.3. The number of hydrogen-bond acceptors (Lipinski definition) is 2. The van der Waals surface area contributed by atoms with Gasteiger partial charge in [0.1, 0.15) is 11.5 Å². The third kappa shape index (κ3) is 2.57. The van der Waals surface area contributed by atoms with Gasteiger partial charge in [0.25, 0.3) is 0 Å². The minimum atomic E-state index is -0.470. The average Bonchev–Trinajstić information content (AvgIpc) is 2.50. The van der Waals surface area contributed by atoms with E-state index in [2.05, 4.69) is 12.2 Å². The summed E-state index contributed by atoms with van der Waals surface area (Å²) in [6.07, 6.45) is 0.896. The summed E-state index contributed by atoms with van der Waals surface area (Å²) in [7, 11) is 0. The van der Waals surface area contributed by atoms with Crippen LogP contribution in [-0.2, 0) is 0 Å². The molecule has 0 radical (unpaired) electrons. The first-order valence-electron chi connectivity index (χ1n) is 6.02. The molecule has 0 bridgehead atoms. The number of nitrogens with one attached hydrogen (secondary N) is 1. The summed E-state index contributed by atoms with van der Waals surface area (Å²) in [6.45, 7) is 5.84. The highest BCUT2D eigenvalue weighted by Gasteiger charge is 2.20. The van der Waals surface area contributed by atoms with Crippen molar-refractivity contribution in [3.05, 3.63) is 29.3 Å². The number of benzene rings is 1. The van der Waals surface area contributed by atoms with Gasteiger partial charge in [0, 0.05) is 25.7 Å². The van der Waals surface area contributed by atoms with Crippen molar-refractivity contribution >= 4 is 5.69 Å². The van der Waals surface area contributed by atoms with Gasteiger partial charge in [-0.2, -0.15) is 0 Å². The maximum absolute atomic E-state index is 14.0. The largest absolute Gasteiger partial charge is 0.365 e. The zero-order chi connectivity index (χ0) is 12.4. The molecule has 0 aliphatic carbocycles. The summed E-state index contributed by atoms with van der Waals surface area (Å²) in [4.78, 5) is 1.80. The molecule has 0 aromatic heterocycles. The van der Waals surface area contributed by atoms with Crippen LogP contribution in [0, 0.1) is 18.6 Å².